The first kappa shape index (κ1) is 17.7. The summed E-state index contributed by atoms with van der Waals surface area (Å²) in [4.78, 5) is 26.9. The summed E-state index contributed by atoms with van der Waals surface area (Å²) in [5.74, 6) is -0.285. The first-order chi connectivity index (χ1) is 9.95. The molecule has 0 fully saturated rings. The van der Waals surface area contributed by atoms with Crippen LogP contribution < -0.4 is 11.1 Å². The molecule has 0 spiro atoms. The summed E-state index contributed by atoms with van der Waals surface area (Å²) in [5, 5.41) is 4.65. The molecule has 0 bridgehead atoms. The molecule has 0 aliphatic carbocycles. The van der Waals surface area contributed by atoms with Gasteiger partial charge in [-0.2, -0.15) is 0 Å². The van der Waals surface area contributed by atoms with E-state index < -0.39 is 6.04 Å². The number of likely N-dealkylation sites (N-methyl/N-ethyl adjacent to an activating group) is 1. The molecule has 0 unspecified atom stereocenters. The second-order valence-electron chi connectivity index (χ2n) is 5.29. The standard InChI is InChI=1S/C15H25N3O2S/c1-4-18(8-7-12-6-5-9-21-12)13(19)10-17-15(20)14(16)11(2)3/h5-6,9,11,14H,4,7-8,10,16H2,1-3H3,(H,17,20)/t14-/m0/s1. The summed E-state index contributed by atoms with van der Waals surface area (Å²) in [7, 11) is 0. The van der Waals surface area contributed by atoms with Crippen LogP contribution in [0.1, 0.15) is 25.6 Å². The van der Waals surface area contributed by atoms with Gasteiger partial charge >= 0.3 is 0 Å². The largest absolute Gasteiger partial charge is 0.346 e. The molecule has 0 aliphatic heterocycles. The number of nitrogens with zero attached hydrogens (tertiary/aromatic N) is 1. The lowest BCUT2D eigenvalue weighted by Gasteiger charge is -2.22. The molecular weight excluding hydrogens is 286 g/mol. The molecule has 6 heteroatoms. The molecule has 1 rings (SSSR count). The Labute approximate surface area is 130 Å². The molecule has 0 aliphatic rings. The fraction of sp³-hybridized carbons (Fsp3) is 0.600. The molecular formula is C15H25N3O2S. The van der Waals surface area contributed by atoms with Crippen LogP contribution >= 0.6 is 11.3 Å². The predicted molar refractivity (Wildman–Crippen MR) is 86.1 cm³/mol. The van der Waals surface area contributed by atoms with Crippen LogP contribution in [-0.2, 0) is 16.0 Å². The predicted octanol–water partition coefficient (Wildman–Crippen LogP) is 1.24. The summed E-state index contributed by atoms with van der Waals surface area (Å²) in [6.07, 6.45) is 0.844. The van der Waals surface area contributed by atoms with Crippen molar-refractivity contribution in [1.29, 1.82) is 0 Å². The van der Waals surface area contributed by atoms with Gasteiger partial charge in [0.25, 0.3) is 0 Å². The molecule has 0 aromatic carbocycles. The van der Waals surface area contributed by atoms with E-state index in [2.05, 4.69) is 11.4 Å². The lowest BCUT2D eigenvalue weighted by molar-refractivity contribution is -0.133. The summed E-state index contributed by atoms with van der Waals surface area (Å²) in [6, 6.07) is 3.50. The molecule has 2 amide bonds. The highest BCUT2D eigenvalue weighted by Crippen LogP contribution is 2.09. The van der Waals surface area contributed by atoms with E-state index in [1.54, 1.807) is 16.2 Å². The number of rotatable bonds is 8. The van der Waals surface area contributed by atoms with Gasteiger partial charge in [-0.1, -0.05) is 19.9 Å². The molecule has 1 aromatic rings. The van der Waals surface area contributed by atoms with Gasteiger partial charge in [0.05, 0.1) is 12.6 Å². The van der Waals surface area contributed by atoms with E-state index in [1.165, 1.54) is 4.88 Å². The van der Waals surface area contributed by atoms with Gasteiger partial charge in [0.2, 0.25) is 11.8 Å². The second kappa shape index (κ2) is 8.79. The molecule has 1 aromatic heterocycles. The third-order valence-electron chi connectivity index (χ3n) is 3.38. The highest BCUT2D eigenvalue weighted by molar-refractivity contribution is 7.09. The normalized spacial score (nSPS) is 12.2. The molecule has 0 saturated heterocycles. The molecule has 1 heterocycles. The Morgan fingerprint density at radius 3 is 2.67 bits per heavy atom. The molecule has 1 atom stereocenters. The van der Waals surface area contributed by atoms with Crippen molar-refractivity contribution >= 4 is 23.2 Å². The van der Waals surface area contributed by atoms with Crippen LogP contribution in [0, 0.1) is 5.92 Å². The Morgan fingerprint density at radius 2 is 2.14 bits per heavy atom. The van der Waals surface area contributed by atoms with Crippen molar-refractivity contribution in [3.05, 3.63) is 22.4 Å². The molecule has 118 valence electrons. The molecule has 3 N–H and O–H groups in total. The monoisotopic (exact) mass is 311 g/mol. The van der Waals surface area contributed by atoms with Crippen molar-refractivity contribution in [3.63, 3.8) is 0 Å². The molecule has 21 heavy (non-hydrogen) atoms. The van der Waals surface area contributed by atoms with E-state index in [-0.39, 0.29) is 24.3 Å². The van der Waals surface area contributed by atoms with Crippen molar-refractivity contribution in [3.8, 4) is 0 Å². The summed E-state index contributed by atoms with van der Waals surface area (Å²) in [6.45, 7) is 7.01. The zero-order valence-corrected chi connectivity index (χ0v) is 13.8. The van der Waals surface area contributed by atoms with Crippen molar-refractivity contribution in [2.75, 3.05) is 19.6 Å². The zero-order chi connectivity index (χ0) is 15.8. The van der Waals surface area contributed by atoms with E-state index >= 15 is 0 Å². The Bertz CT molecular complexity index is 446. The number of nitrogens with two attached hydrogens (primary N) is 1. The van der Waals surface area contributed by atoms with Gasteiger partial charge in [0, 0.05) is 18.0 Å². The van der Waals surface area contributed by atoms with Crippen LogP contribution in [0.4, 0.5) is 0 Å². The Hall–Kier alpha value is -1.40. The van der Waals surface area contributed by atoms with Gasteiger partial charge in [-0.25, -0.2) is 0 Å². The molecule has 5 nitrogen and oxygen atoms in total. The van der Waals surface area contributed by atoms with Gasteiger partial charge in [-0.3, -0.25) is 9.59 Å². The molecule has 0 saturated carbocycles. The number of hydrogen-bond donors (Lipinski definition) is 2. The van der Waals surface area contributed by atoms with Crippen LogP contribution in [0.15, 0.2) is 17.5 Å². The van der Waals surface area contributed by atoms with E-state index in [9.17, 15) is 9.59 Å². The van der Waals surface area contributed by atoms with E-state index in [0.29, 0.717) is 13.1 Å². The Balaban J connectivity index is 2.39. The Kier molecular flexibility index (Phi) is 7.39. The number of thiophene rings is 1. The molecule has 0 radical (unpaired) electrons. The zero-order valence-electron chi connectivity index (χ0n) is 13.0. The first-order valence-electron chi connectivity index (χ1n) is 7.29. The fourth-order valence-corrected chi connectivity index (χ4v) is 2.55. The average Bonchev–Trinajstić information content (AvgIpc) is 2.97. The van der Waals surface area contributed by atoms with E-state index in [4.69, 9.17) is 5.73 Å². The first-order valence-corrected chi connectivity index (χ1v) is 8.17. The lowest BCUT2D eigenvalue weighted by Crippen LogP contribution is -2.48. The minimum atomic E-state index is -0.570. The summed E-state index contributed by atoms with van der Waals surface area (Å²) >= 11 is 1.69. The lowest BCUT2D eigenvalue weighted by atomic mass is 10.1. The number of amides is 2. The fourth-order valence-electron chi connectivity index (χ4n) is 1.85. The third-order valence-corrected chi connectivity index (χ3v) is 4.31. The Morgan fingerprint density at radius 1 is 1.43 bits per heavy atom. The minimum Gasteiger partial charge on any atom is -0.346 e. The topological polar surface area (TPSA) is 75.4 Å². The van der Waals surface area contributed by atoms with E-state index in [0.717, 1.165) is 6.42 Å². The third kappa shape index (κ3) is 5.85. The SMILES string of the molecule is CCN(CCc1cccs1)C(=O)CNC(=O)[C@@H](N)C(C)C. The maximum absolute atomic E-state index is 12.1. The number of hydrogen-bond acceptors (Lipinski definition) is 4. The minimum absolute atomic E-state index is 0.0114. The van der Waals surface area contributed by atoms with E-state index in [1.807, 2.05) is 32.2 Å². The smallest absolute Gasteiger partial charge is 0.241 e. The van der Waals surface area contributed by atoms with Crippen LogP contribution in [-0.4, -0.2) is 42.4 Å². The van der Waals surface area contributed by atoms with Gasteiger partial charge in [-0.15, -0.1) is 11.3 Å². The summed E-state index contributed by atoms with van der Waals surface area (Å²) < 4.78 is 0. The highest BCUT2D eigenvalue weighted by Gasteiger charge is 2.19. The van der Waals surface area contributed by atoms with Gasteiger partial charge in [0.15, 0.2) is 0 Å². The van der Waals surface area contributed by atoms with Gasteiger partial charge < -0.3 is 16.0 Å². The van der Waals surface area contributed by atoms with Crippen LogP contribution in [0.2, 0.25) is 0 Å². The van der Waals surface area contributed by atoms with Crippen LogP contribution in [0.3, 0.4) is 0 Å². The quantitative estimate of drug-likeness (QED) is 0.758. The summed E-state index contributed by atoms with van der Waals surface area (Å²) in [5.41, 5.74) is 5.74. The van der Waals surface area contributed by atoms with Crippen LogP contribution in [0.25, 0.3) is 0 Å². The van der Waals surface area contributed by atoms with Crippen LogP contribution in [0.5, 0.6) is 0 Å². The van der Waals surface area contributed by atoms with Crippen molar-refractivity contribution in [2.24, 2.45) is 11.7 Å². The highest BCUT2D eigenvalue weighted by atomic mass is 32.1. The van der Waals surface area contributed by atoms with Crippen molar-refractivity contribution in [1.82, 2.24) is 10.2 Å². The van der Waals surface area contributed by atoms with Gasteiger partial charge in [-0.05, 0) is 30.7 Å². The van der Waals surface area contributed by atoms with Crippen molar-refractivity contribution in [2.45, 2.75) is 33.2 Å². The number of carbonyl (C=O) groups excluding carboxylic acids is 2. The number of carbonyl (C=O) groups is 2. The number of nitrogens with one attached hydrogen (secondary N) is 1. The maximum atomic E-state index is 12.1. The maximum Gasteiger partial charge on any atom is 0.241 e. The van der Waals surface area contributed by atoms with Crippen molar-refractivity contribution < 1.29 is 9.59 Å². The average molecular weight is 311 g/mol. The second-order valence-corrected chi connectivity index (χ2v) is 6.32. The van der Waals surface area contributed by atoms with Gasteiger partial charge in [0.1, 0.15) is 0 Å².